The fourth-order valence-electron chi connectivity index (χ4n) is 3.84. The van der Waals surface area contributed by atoms with E-state index in [0.717, 1.165) is 11.0 Å². The molecule has 1 unspecified atom stereocenters. The number of allylic oxidation sites excluding steroid dienone is 1. The number of ether oxygens (including phenoxy) is 1. The normalized spacial score (nSPS) is 15.7. The van der Waals surface area contributed by atoms with Gasteiger partial charge in [-0.15, -0.1) is 0 Å². The van der Waals surface area contributed by atoms with E-state index in [1.54, 1.807) is 24.3 Å². The van der Waals surface area contributed by atoms with Crippen molar-refractivity contribution in [3.63, 3.8) is 0 Å². The van der Waals surface area contributed by atoms with Gasteiger partial charge in [0.25, 0.3) is 14.2 Å². The molecule has 192 valence electrons. The molecule has 0 radical (unpaired) electrons. The number of fused-ring (bicyclic) bond motifs is 1. The number of amides is 1. The highest BCUT2D eigenvalue weighted by Crippen LogP contribution is 2.45. The Labute approximate surface area is 211 Å². The number of anilines is 1. The number of hydrogen-bond acceptors (Lipinski definition) is 4. The van der Waals surface area contributed by atoms with Gasteiger partial charge in [-0.05, 0) is 60.4 Å². The zero-order chi connectivity index (χ0) is 27.1. The Hall–Kier alpha value is -3.25. The minimum Gasteiger partial charge on any atom is -0.540 e. The molecule has 1 heterocycles. The summed E-state index contributed by atoms with van der Waals surface area (Å²) in [7, 11) is -1.10. The van der Waals surface area contributed by atoms with E-state index < -0.39 is 32.0 Å². The highest BCUT2D eigenvalue weighted by molar-refractivity contribution is 6.74. The Bertz CT molecular complexity index is 1220. The smallest absolute Gasteiger partial charge is 0.416 e. The fourth-order valence-corrected chi connectivity index (χ4v) is 4.86. The fraction of sp³-hybridized carbons (Fsp3) is 0.407. The van der Waals surface area contributed by atoms with E-state index in [9.17, 15) is 23.2 Å². The van der Waals surface area contributed by atoms with Crippen LogP contribution < -0.4 is 9.64 Å². The molecule has 0 bridgehead atoms. The van der Waals surface area contributed by atoms with E-state index in [2.05, 4.69) is 0 Å². The minimum atomic E-state index is -4.65. The van der Waals surface area contributed by atoms with E-state index in [1.807, 2.05) is 39.9 Å². The predicted octanol–water partition coefficient (Wildman–Crippen LogP) is 6.95. The molecule has 0 aliphatic carbocycles. The molecule has 9 heteroatoms. The van der Waals surface area contributed by atoms with Gasteiger partial charge in [-0.3, -0.25) is 9.69 Å². The number of carbonyl (C=O) groups excluding carboxylic acids is 1. The SMILES string of the molecule is COc1ccc(C2=C(O[Si](C)(C)C(C)(C)C)C(=O)N(C(C)C#N)c3cccc(C(F)(F)F)c3C2)cc1. The summed E-state index contributed by atoms with van der Waals surface area (Å²) in [6.07, 6.45) is -4.84. The number of nitrogens with zero attached hydrogens (tertiary/aromatic N) is 2. The number of carbonyl (C=O) groups is 1. The van der Waals surface area contributed by atoms with Gasteiger partial charge in [-0.25, -0.2) is 0 Å². The number of rotatable bonds is 5. The van der Waals surface area contributed by atoms with Crippen molar-refractivity contribution in [2.75, 3.05) is 12.0 Å². The van der Waals surface area contributed by atoms with Crippen LogP contribution in [0.1, 0.15) is 44.4 Å². The van der Waals surface area contributed by atoms with Gasteiger partial charge in [-0.2, -0.15) is 18.4 Å². The zero-order valence-electron chi connectivity index (χ0n) is 21.6. The molecular formula is C27H31F3N2O3Si. The van der Waals surface area contributed by atoms with Crippen LogP contribution in [0.3, 0.4) is 0 Å². The second kappa shape index (κ2) is 9.66. The summed E-state index contributed by atoms with van der Waals surface area (Å²) in [4.78, 5) is 15.2. The summed E-state index contributed by atoms with van der Waals surface area (Å²) in [6.45, 7) is 11.5. The quantitative estimate of drug-likeness (QED) is 0.404. The molecule has 0 saturated heterocycles. The van der Waals surface area contributed by atoms with Crippen LogP contribution in [0, 0.1) is 11.3 Å². The number of methoxy groups -OCH3 is 1. The van der Waals surface area contributed by atoms with E-state index in [4.69, 9.17) is 9.16 Å². The molecule has 5 nitrogen and oxygen atoms in total. The van der Waals surface area contributed by atoms with Crippen LogP contribution >= 0.6 is 0 Å². The lowest BCUT2D eigenvalue weighted by atomic mass is 9.93. The maximum Gasteiger partial charge on any atom is 0.416 e. The number of benzene rings is 2. The van der Waals surface area contributed by atoms with Crippen LogP contribution in [-0.2, 0) is 21.8 Å². The van der Waals surface area contributed by atoms with Crippen molar-refractivity contribution in [1.29, 1.82) is 5.26 Å². The molecule has 1 aliphatic rings. The molecule has 0 fully saturated rings. The summed E-state index contributed by atoms with van der Waals surface area (Å²) in [5.74, 6) is -0.0711. The number of hydrogen-bond donors (Lipinski definition) is 0. The standard InChI is InChI=1S/C27H31F3N2O3Si/c1-17(16-31)32-23-10-8-9-22(27(28,29)30)21(23)15-20(18-11-13-19(34-5)14-12-18)24(25(32)33)35-36(6,7)26(2,3)4/h8-14,17H,15H2,1-7H3. The molecular weight excluding hydrogens is 485 g/mol. The second-order valence-corrected chi connectivity index (χ2v) is 15.1. The van der Waals surface area contributed by atoms with E-state index >= 15 is 0 Å². The first-order valence-electron chi connectivity index (χ1n) is 11.6. The Morgan fingerprint density at radius 1 is 1.08 bits per heavy atom. The number of alkyl halides is 3. The molecule has 0 N–H and O–H groups in total. The summed E-state index contributed by atoms with van der Waals surface area (Å²) in [5, 5.41) is 9.43. The van der Waals surface area contributed by atoms with Crippen molar-refractivity contribution >= 4 is 25.5 Å². The Balaban J connectivity index is 2.40. The minimum absolute atomic E-state index is 0.0156. The lowest BCUT2D eigenvalue weighted by Gasteiger charge is -2.38. The van der Waals surface area contributed by atoms with Crippen molar-refractivity contribution < 1.29 is 27.1 Å². The van der Waals surface area contributed by atoms with Crippen molar-refractivity contribution in [3.05, 3.63) is 64.9 Å². The lowest BCUT2D eigenvalue weighted by Crippen LogP contribution is -2.45. The van der Waals surface area contributed by atoms with E-state index in [0.29, 0.717) is 16.9 Å². The topological polar surface area (TPSA) is 62.6 Å². The molecule has 1 atom stereocenters. The highest BCUT2D eigenvalue weighted by atomic mass is 28.4. The summed E-state index contributed by atoms with van der Waals surface area (Å²) in [6, 6.07) is 11.5. The third-order valence-corrected chi connectivity index (χ3v) is 11.3. The van der Waals surface area contributed by atoms with Gasteiger partial charge in [-0.1, -0.05) is 39.0 Å². The van der Waals surface area contributed by atoms with Crippen LogP contribution in [0.5, 0.6) is 5.75 Å². The van der Waals surface area contributed by atoms with Crippen LogP contribution in [0.15, 0.2) is 48.2 Å². The van der Waals surface area contributed by atoms with Crippen molar-refractivity contribution in [1.82, 2.24) is 0 Å². The van der Waals surface area contributed by atoms with E-state index in [1.165, 1.54) is 26.2 Å². The second-order valence-electron chi connectivity index (χ2n) is 10.4. The first-order valence-corrected chi connectivity index (χ1v) is 14.5. The van der Waals surface area contributed by atoms with Gasteiger partial charge < -0.3 is 9.16 Å². The zero-order valence-corrected chi connectivity index (χ0v) is 22.6. The molecule has 3 rings (SSSR count). The third kappa shape index (κ3) is 5.14. The van der Waals surface area contributed by atoms with Gasteiger partial charge >= 0.3 is 6.18 Å². The monoisotopic (exact) mass is 516 g/mol. The average Bonchev–Trinajstić information content (AvgIpc) is 2.91. The van der Waals surface area contributed by atoms with Crippen LogP contribution in [0.4, 0.5) is 18.9 Å². The summed E-state index contributed by atoms with van der Waals surface area (Å²) < 4.78 is 54.2. The Morgan fingerprint density at radius 3 is 2.19 bits per heavy atom. The van der Waals surface area contributed by atoms with Crippen LogP contribution in [-0.4, -0.2) is 27.4 Å². The van der Waals surface area contributed by atoms with Gasteiger partial charge in [0, 0.05) is 17.7 Å². The molecule has 1 aliphatic heterocycles. The molecule has 36 heavy (non-hydrogen) atoms. The molecule has 2 aromatic carbocycles. The van der Waals surface area contributed by atoms with Crippen LogP contribution in [0.2, 0.25) is 18.1 Å². The average molecular weight is 517 g/mol. The number of halogens is 3. The molecule has 2 aromatic rings. The predicted molar refractivity (Wildman–Crippen MR) is 136 cm³/mol. The summed E-state index contributed by atoms with van der Waals surface area (Å²) >= 11 is 0. The van der Waals surface area contributed by atoms with Crippen molar-refractivity contribution in [3.8, 4) is 11.8 Å². The maximum absolute atomic E-state index is 14.1. The molecule has 0 aromatic heterocycles. The molecule has 0 saturated carbocycles. The largest absolute Gasteiger partial charge is 0.540 e. The maximum atomic E-state index is 14.1. The molecule has 0 spiro atoms. The Morgan fingerprint density at radius 2 is 1.69 bits per heavy atom. The first kappa shape index (κ1) is 27.3. The van der Waals surface area contributed by atoms with Gasteiger partial charge in [0.2, 0.25) is 0 Å². The van der Waals surface area contributed by atoms with Gasteiger partial charge in [0.05, 0.1) is 18.7 Å². The van der Waals surface area contributed by atoms with E-state index in [-0.39, 0.29) is 28.5 Å². The Kier molecular flexibility index (Phi) is 7.33. The van der Waals surface area contributed by atoms with Crippen LogP contribution in [0.25, 0.3) is 5.57 Å². The highest BCUT2D eigenvalue weighted by Gasteiger charge is 2.45. The number of nitriles is 1. The van der Waals surface area contributed by atoms with Gasteiger partial charge in [0.1, 0.15) is 11.8 Å². The summed E-state index contributed by atoms with van der Waals surface area (Å²) in [5.41, 5.74) is 0.0386. The third-order valence-electron chi connectivity index (χ3n) is 6.93. The lowest BCUT2D eigenvalue weighted by molar-refractivity contribution is -0.138. The molecule has 1 amide bonds. The van der Waals surface area contributed by atoms with Crippen molar-refractivity contribution in [2.24, 2.45) is 0 Å². The first-order chi connectivity index (χ1) is 16.6. The van der Waals surface area contributed by atoms with Crippen molar-refractivity contribution in [2.45, 2.75) is 64.5 Å². The van der Waals surface area contributed by atoms with Gasteiger partial charge in [0.15, 0.2) is 5.76 Å².